The van der Waals surface area contributed by atoms with Gasteiger partial charge in [-0.25, -0.2) is 0 Å². The van der Waals surface area contributed by atoms with Gasteiger partial charge >= 0.3 is 5.97 Å². The molecule has 0 aromatic heterocycles. The normalized spacial score (nSPS) is 22.6. The standard InChI is InChI=1S/C30H37N3O5/c31-25(18-21-11-5-2-6-12-21)28(36)23-13-7-14-24(23)30(38)33-16-8-15-26(33)29(37)32-22(19-27(34)35)17-20-9-3-1-4-10-20/h1-6,9-12,22-26H,7-8,13-19,31H2,(H,32,37)(H,34,35)/t22-,23?,24-,25-,26-/m0/s1. The topological polar surface area (TPSA) is 130 Å². The molecular weight excluding hydrogens is 482 g/mol. The Morgan fingerprint density at radius 3 is 2.11 bits per heavy atom. The van der Waals surface area contributed by atoms with Gasteiger partial charge < -0.3 is 21.1 Å². The van der Waals surface area contributed by atoms with E-state index in [1.165, 1.54) is 0 Å². The molecule has 0 spiro atoms. The van der Waals surface area contributed by atoms with Gasteiger partial charge in [-0.05, 0) is 49.7 Å². The molecule has 2 aromatic rings. The molecule has 2 fully saturated rings. The molecule has 1 saturated heterocycles. The van der Waals surface area contributed by atoms with E-state index in [0.717, 1.165) is 17.5 Å². The van der Waals surface area contributed by atoms with Crippen LogP contribution in [0, 0.1) is 11.8 Å². The predicted octanol–water partition coefficient (Wildman–Crippen LogP) is 2.74. The Labute approximate surface area is 223 Å². The lowest BCUT2D eigenvalue weighted by Crippen LogP contribution is -2.52. The average molecular weight is 520 g/mol. The Morgan fingerprint density at radius 2 is 1.47 bits per heavy atom. The fraction of sp³-hybridized carbons (Fsp3) is 0.467. The van der Waals surface area contributed by atoms with Gasteiger partial charge in [0.25, 0.3) is 0 Å². The van der Waals surface area contributed by atoms with E-state index >= 15 is 0 Å². The molecule has 4 N–H and O–H groups in total. The minimum atomic E-state index is -0.996. The van der Waals surface area contributed by atoms with E-state index in [-0.39, 0.29) is 24.0 Å². The first-order valence-electron chi connectivity index (χ1n) is 13.5. The molecule has 0 bridgehead atoms. The van der Waals surface area contributed by atoms with Crippen LogP contribution in [0.15, 0.2) is 60.7 Å². The lowest BCUT2D eigenvalue weighted by Gasteiger charge is -2.30. The van der Waals surface area contributed by atoms with E-state index in [1.807, 2.05) is 60.7 Å². The van der Waals surface area contributed by atoms with Crippen LogP contribution in [0.4, 0.5) is 0 Å². The van der Waals surface area contributed by atoms with Crippen LogP contribution in [-0.4, -0.2) is 58.2 Å². The SMILES string of the molecule is N[C@@H](Cc1ccccc1)C(=O)C1CCC[C@@H]1C(=O)N1CCC[C@H]1C(=O)N[C@H](CC(=O)O)Cc1ccccc1. The number of amides is 2. The van der Waals surface area contributed by atoms with E-state index in [1.54, 1.807) is 4.90 Å². The Hall–Kier alpha value is -3.52. The quantitative estimate of drug-likeness (QED) is 0.419. The number of carbonyl (C=O) groups is 4. The lowest BCUT2D eigenvalue weighted by atomic mass is 9.85. The van der Waals surface area contributed by atoms with Gasteiger partial charge in [0.2, 0.25) is 11.8 Å². The fourth-order valence-electron chi connectivity index (χ4n) is 5.94. The van der Waals surface area contributed by atoms with Crippen LogP contribution in [0.25, 0.3) is 0 Å². The number of rotatable bonds is 11. The van der Waals surface area contributed by atoms with Gasteiger partial charge in [0.05, 0.1) is 12.5 Å². The summed E-state index contributed by atoms with van der Waals surface area (Å²) in [5.74, 6) is -2.50. The zero-order valence-electron chi connectivity index (χ0n) is 21.6. The number of nitrogens with two attached hydrogens (primary N) is 1. The maximum absolute atomic E-state index is 13.7. The zero-order valence-corrected chi connectivity index (χ0v) is 21.6. The van der Waals surface area contributed by atoms with Crippen LogP contribution in [0.2, 0.25) is 0 Å². The highest BCUT2D eigenvalue weighted by Crippen LogP contribution is 2.36. The van der Waals surface area contributed by atoms with E-state index in [9.17, 15) is 24.3 Å². The zero-order chi connectivity index (χ0) is 27.1. The number of hydrogen-bond acceptors (Lipinski definition) is 5. The number of Topliss-reactive ketones (excluding diaryl/α,β-unsaturated/α-hetero) is 1. The molecule has 202 valence electrons. The van der Waals surface area contributed by atoms with Crippen molar-refractivity contribution in [1.29, 1.82) is 0 Å². The summed E-state index contributed by atoms with van der Waals surface area (Å²) in [6.45, 7) is 0.451. The van der Waals surface area contributed by atoms with Gasteiger partial charge in [0, 0.05) is 24.4 Å². The summed E-state index contributed by atoms with van der Waals surface area (Å²) in [4.78, 5) is 53.3. The van der Waals surface area contributed by atoms with Crippen molar-refractivity contribution in [3.63, 3.8) is 0 Å². The molecule has 8 nitrogen and oxygen atoms in total. The molecule has 1 saturated carbocycles. The van der Waals surface area contributed by atoms with Gasteiger partial charge in [0.15, 0.2) is 5.78 Å². The highest BCUT2D eigenvalue weighted by Gasteiger charge is 2.44. The van der Waals surface area contributed by atoms with E-state index < -0.39 is 35.9 Å². The van der Waals surface area contributed by atoms with E-state index in [4.69, 9.17) is 5.73 Å². The van der Waals surface area contributed by atoms with Gasteiger partial charge in [-0.2, -0.15) is 0 Å². The van der Waals surface area contributed by atoms with Crippen molar-refractivity contribution in [1.82, 2.24) is 10.2 Å². The van der Waals surface area contributed by atoms with Crippen LogP contribution in [0.1, 0.15) is 49.7 Å². The number of nitrogens with one attached hydrogen (secondary N) is 1. The highest BCUT2D eigenvalue weighted by atomic mass is 16.4. The molecule has 8 heteroatoms. The smallest absolute Gasteiger partial charge is 0.305 e. The molecule has 4 rings (SSSR count). The maximum atomic E-state index is 13.7. The number of ketones is 1. The minimum Gasteiger partial charge on any atom is -0.481 e. The number of carbonyl (C=O) groups excluding carboxylic acids is 3. The molecule has 1 aliphatic carbocycles. The van der Waals surface area contributed by atoms with Crippen LogP contribution in [0.5, 0.6) is 0 Å². The monoisotopic (exact) mass is 519 g/mol. The second kappa shape index (κ2) is 12.8. The summed E-state index contributed by atoms with van der Waals surface area (Å²) in [6.07, 6.45) is 3.81. The lowest BCUT2D eigenvalue weighted by molar-refractivity contribution is -0.145. The van der Waals surface area contributed by atoms with E-state index in [2.05, 4.69) is 5.32 Å². The summed E-state index contributed by atoms with van der Waals surface area (Å²) in [7, 11) is 0. The molecule has 0 radical (unpaired) electrons. The van der Waals surface area contributed by atoms with Crippen molar-refractivity contribution in [2.45, 2.75) is 69.5 Å². The van der Waals surface area contributed by atoms with Gasteiger partial charge in [-0.3, -0.25) is 19.2 Å². The number of hydrogen-bond donors (Lipinski definition) is 3. The number of likely N-dealkylation sites (tertiary alicyclic amines) is 1. The second-order valence-corrected chi connectivity index (χ2v) is 10.5. The minimum absolute atomic E-state index is 0.0886. The molecule has 2 amide bonds. The summed E-state index contributed by atoms with van der Waals surface area (Å²) in [5, 5.41) is 12.3. The molecule has 5 atom stereocenters. The first-order chi connectivity index (χ1) is 18.3. The molecule has 1 heterocycles. The number of carboxylic acid groups (broad SMARTS) is 1. The van der Waals surface area contributed by atoms with Crippen molar-refractivity contribution >= 4 is 23.6 Å². The van der Waals surface area contributed by atoms with Crippen LogP contribution in [0.3, 0.4) is 0 Å². The van der Waals surface area contributed by atoms with Crippen molar-refractivity contribution < 1.29 is 24.3 Å². The first kappa shape index (κ1) is 27.5. The van der Waals surface area contributed by atoms with Crippen molar-refractivity contribution in [2.75, 3.05) is 6.54 Å². The van der Waals surface area contributed by atoms with Crippen molar-refractivity contribution in [3.8, 4) is 0 Å². The van der Waals surface area contributed by atoms with Gasteiger partial charge in [-0.15, -0.1) is 0 Å². The Bertz CT molecular complexity index is 1120. The third kappa shape index (κ3) is 6.86. The molecule has 1 aliphatic heterocycles. The second-order valence-electron chi connectivity index (χ2n) is 10.5. The number of nitrogens with zero attached hydrogens (tertiary/aromatic N) is 1. The number of aliphatic carboxylic acids is 1. The fourth-order valence-corrected chi connectivity index (χ4v) is 5.94. The Balaban J connectivity index is 1.41. The Kier molecular flexibility index (Phi) is 9.29. The predicted molar refractivity (Wildman–Crippen MR) is 143 cm³/mol. The van der Waals surface area contributed by atoms with Crippen molar-refractivity contribution in [2.24, 2.45) is 17.6 Å². The highest BCUT2D eigenvalue weighted by molar-refractivity contribution is 5.94. The average Bonchev–Trinajstić information content (AvgIpc) is 3.59. The molecule has 2 aromatic carbocycles. The maximum Gasteiger partial charge on any atom is 0.305 e. The van der Waals surface area contributed by atoms with Crippen LogP contribution in [-0.2, 0) is 32.0 Å². The molecule has 38 heavy (non-hydrogen) atoms. The number of benzene rings is 2. The number of carboxylic acids is 1. The van der Waals surface area contributed by atoms with Gasteiger partial charge in [0.1, 0.15) is 6.04 Å². The Morgan fingerprint density at radius 1 is 0.868 bits per heavy atom. The first-order valence-corrected chi connectivity index (χ1v) is 13.5. The largest absolute Gasteiger partial charge is 0.481 e. The van der Waals surface area contributed by atoms with Gasteiger partial charge in [-0.1, -0.05) is 67.1 Å². The summed E-state index contributed by atoms with van der Waals surface area (Å²) in [5.41, 5.74) is 8.20. The van der Waals surface area contributed by atoms with E-state index in [0.29, 0.717) is 45.1 Å². The summed E-state index contributed by atoms with van der Waals surface area (Å²) in [6, 6.07) is 17.1. The molecular formula is C30H37N3O5. The van der Waals surface area contributed by atoms with Crippen LogP contribution < -0.4 is 11.1 Å². The summed E-state index contributed by atoms with van der Waals surface area (Å²) >= 11 is 0. The molecule has 2 aliphatic rings. The third-order valence-corrected chi connectivity index (χ3v) is 7.79. The third-order valence-electron chi connectivity index (χ3n) is 7.79. The van der Waals surface area contributed by atoms with Crippen LogP contribution >= 0.6 is 0 Å². The van der Waals surface area contributed by atoms with Crippen molar-refractivity contribution in [3.05, 3.63) is 71.8 Å². The summed E-state index contributed by atoms with van der Waals surface area (Å²) < 4.78 is 0. The molecule has 1 unspecified atom stereocenters.